The fourth-order valence-electron chi connectivity index (χ4n) is 2.61. The molecule has 140 valence electrons. The van der Waals surface area contributed by atoms with Crippen molar-refractivity contribution in [3.63, 3.8) is 0 Å². The molecule has 0 saturated carbocycles. The molecule has 0 bridgehead atoms. The van der Waals surface area contributed by atoms with Crippen molar-refractivity contribution in [2.75, 3.05) is 0 Å². The van der Waals surface area contributed by atoms with E-state index in [2.05, 4.69) is 15.5 Å². The Morgan fingerprint density at radius 1 is 1.00 bits per heavy atom. The van der Waals surface area contributed by atoms with Crippen molar-refractivity contribution in [1.29, 1.82) is 0 Å². The van der Waals surface area contributed by atoms with Crippen LogP contribution in [0.1, 0.15) is 30.9 Å². The van der Waals surface area contributed by atoms with Crippen LogP contribution in [0.2, 0.25) is 0 Å². The second-order valence-electron chi connectivity index (χ2n) is 6.61. The minimum atomic E-state index is -0.293. The van der Waals surface area contributed by atoms with Gasteiger partial charge in [0.1, 0.15) is 0 Å². The molecule has 3 rings (SSSR count). The van der Waals surface area contributed by atoms with E-state index < -0.39 is 0 Å². The number of benzene rings is 2. The van der Waals surface area contributed by atoms with Gasteiger partial charge in [0.15, 0.2) is 0 Å². The van der Waals surface area contributed by atoms with Gasteiger partial charge in [-0.3, -0.25) is 4.79 Å². The summed E-state index contributed by atoms with van der Waals surface area (Å²) in [6.45, 7) is 4.54. The summed E-state index contributed by atoms with van der Waals surface area (Å²) in [7, 11) is 0. The van der Waals surface area contributed by atoms with E-state index >= 15 is 0 Å². The van der Waals surface area contributed by atoms with Crippen LogP contribution in [0.4, 0.5) is 0 Å². The van der Waals surface area contributed by atoms with Crippen LogP contribution < -0.4 is 5.32 Å². The summed E-state index contributed by atoms with van der Waals surface area (Å²) in [5.74, 6) is 0.660. The molecule has 1 aromatic heterocycles. The standard InChI is InChI=1S/C21H23N3O2S/c1-15(2)19(20(25)22-14-17-11-7-4-8-12-17)27-21-24-23-18(26-21)13-16-9-5-3-6-10-16/h3-12,15,19H,13-14H2,1-2H3,(H,22,25)/t19-/m1/s1. The van der Waals surface area contributed by atoms with Gasteiger partial charge in [0.05, 0.1) is 11.7 Å². The maximum absolute atomic E-state index is 12.6. The van der Waals surface area contributed by atoms with Gasteiger partial charge in [-0.1, -0.05) is 86.3 Å². The molecule has 3 aromatic rings. The second kappa shape index (κ2) is 9.37. The number of nitrogens with one attached hydrogen (secondary N) is 1. The fraction of sp³-hybridized carbons (Fsp3) is 0.286. The van der Waals surface area contributed by atoms with Gasteiger partial charge < -0.3 is 9.73 Å². The first-order valence-corrected chi connectivity index (χ1v) is 9.84. The number of hydrogen-bond donors (Lipinski definition) is 1. The van der Waals surface area contributed by atoms with Gasteiger partial charge >= 0.3 is 0 Å². The molecule has 1 atom stereocenters. The summed E-state index contributed by atoms with van der Waals surface area (Å²) in [5.41, 5.74) is 2.18. The lowest BCUT2D eigenvalue weighted by molar-refractivity contribution is -0.121. The molecule has 2 aromatic carbocycles. The Kier molecular flexibility index (Phi) is 6.65. The first-order chi connectivity index (χ1) is 13.1. The summed E-state index contributed by atoms with van der Waals surface area (Å²) in [6.07, 6.45) is 0.584. The highest BCUT2D eigenvalue weighted by Crippen LogP contribution is 2.28. The van der Waals surface area contributed by atoms with Crippen molar-refractivity contribution in [1.82, 2.24) is 15.5 Å². The van der Waals surface area contributed by atoms with E-state index in [0.29, 0.717) is 24.1 Å². The number of amides is 1. The van der Waals surface area contributed by atoms with E-state index in [-0.39, 0.29) is 17.1 Å². The topological polar surface area (TPSA) is 68.0 Å². The van der Waals surface area contributed by atoms with Crippen LogP contribution in [0.3, 0.4) is 0 Å². The number of thioether (sulfide) groups is 1. The average molecular weight is 382 g/mol. The molecular formula is C21H23N3O2S. The van der Waals surface area contributed by atoms with Crippen molar-refractivity contribution in [2.45, 2.75) is 37.3 Å². The highest BCUT2D eigenvalue weighted by Gasteiger charge is 2.26. The van der Waals surface area contributed by atoms with Crippen LogP contribution in [0, 0.1) is 5.92 Å². The molecule has 0 aliphatic carbocycles. The monoisotopic (exact) mass is 381 g/mol. The summed E-state index contributed by atoms with van der Waals surface area (Å²) < 4.78 is 5.74. The van der Waals surface area contributed by atoms with Gasteiger partial charge in [-0.15, -0.1) is 10.2 Å². The van der Waals surface area contributed by atoms with E-state index in [0.717, 1.165) is 11.1 Å². The molecule has 6 heteroatoms. The highest BCUT2D eigenvalue weighted by atomic mass is 32.2. The average Bonchev–Trinajstić information content (AvgIpc) is 3.12. The number of nitrogens with zero attached hydrogens (tertiary/aromatic N) is 2. The Labute approximate surface area is 163 Å². The smallest absolute Gasteiger partial charge is 0.277 e. The lowest BCUT2D eigenvalue weighted by Gasteiger charge is -2.18. The molecule has 1 N–H and O–H groups in total. The molecule has 0 spiro atoms. The van der Waals surface area contributed by atoms with E-state index in [1.807, 2.05) is 74.5 Å². The molecule has 27 heavy (non-hydrogen) atoms. The van der Waals surface area contributed by atoms with Crippen LogP contribution in [-0.4, -0.2) is 21.4 Å². The highest BCUT2D eigenvalue weighted by molar-refractivity contribution is 8.00. The third-order valence-electron chi connectivity index (χ3n) is 4.05. The lowest BCUT2D eigenvalue weighted by atomic mass is 10.1. The zero-order valence-corrected chi connectivity index (χ0v) is 16.3. The maximum Gasteiger partial charge on any atom is 0.277 e. The lowest BCUT2D eigenvalue weighted by Crippen LogP contribution is -2.35. The SMILES string of the molecule is CC(C)[C@@H](Sc1nnc(Cc2ccccc2)o1)C(=O)NCc1ccccc1. The molecule has 0 radical (unpaired) electrons. The van der Waals surface area contributed by atoms with Crippen LogP contribution in [0.5, 0.6) is 0 Å². The normalized spacial score (nSPS) is 12.1. The van der Waals surface area contributed by atoms with Gasteiger partial charge in [0.25, 0.3) is 5.22 Å². The van der Waals surface area contributed by atoms with Gasteiger partial charge in [0.2, 0.25) is 11.8 Å². The summed E-state index contributed by atoms with van der Waals surface area (Å²) >= 11 is 1.32. The predicted molar refractivity (Wildman–Crippen MR) is 106 cm³/mol. The largest absolute Gasteiger partial charge is 0.416 e. The third-order valence-corrected chi connectivity index (χ3v) is 5.43. The van der Waals surface area contributed by atoms with Crippen molar-refractivity contribution in [3.05, 3.63) is 77.7 Å². The zero-order chi connectivity index (χ0) is 19.1. The molecule has 0 unspecified atom stereocenters. The Bertz CT molecular complexity index is 850. The van der Waals surface area contributed by atoms with Crippen LogP contribution >= 0.6 is 11.8 Å². The van der Waals surface area contributed by atoms with E-state index in [4.69, 9.17) is 4.42 Å². The number of rotatable bonds is 8. The summed E-state index contributed by atoms with van der Waals surface area (Å²) in [4.78, 5) is 12.6. The van der Waals surface area contributed by atoms with Gasteiger partial charge in [-0.05, 0) is 17.0 Å². The van der Waals surface area contributed by atoms with E-state index in [1.165, 1.54) is 11.8 Å². The Morgan fingerprint density at radius 2 is 1.63 bits per heavy atom. The predicted octanol–water partition coefficient (Wildman–Crippen LogP) is 4.09. The molecule has 0 aliphatic heterocycles. The van der Waals surface area contributed by atoms with E-state index in [9.17, 15) is 4.79 Å². The van der Waals surface area contributed by atoms with Crippen LogP contribution in [0.15, 0.2) is 70.3 Å². The van der Waals surface area contributed by atoms with Crippen molar-refractivity contribution < 1.29 is 9.21 Å². The molecule has 5 nitrogen and oxygen atoms in total. The van der Waals surface area contributed by atoms with Gasteiger partial charge in [0, 0.05) is 6.54 Å². The number of hydrogen-bond acceptors (Lipinski definition) is 5. The number of aromatic nitrogens is 2. The molecular weight excluding hydrogens is 358 g/mol. The van der Waals surface area contributed by atoms with Crippen molar-refractivity contribution in [3.8, 4) is 0 Å². The third kappa shape index (κ3) is 5.69. The minimum Gasteiger partial charge on any atom is -0.416 e. The molecule has 0 aliphatic rings. The van der Waals surface area contributed by atoms with Crippen molar-refractivity contribution in [2.24, 2.45) is 5.92 Å². The Morgan fingerprint density at radius 3 is 2.26 bits per heavy atom. The van der Waals surface area contributed by atoms with Gasteiger partial charge in [-0.2, -0.15) is 0 Å². The Hall–Kier alpha value is -2.60. The second-order valence-corrected chi connectivity index (χ2v) is 7.70. The number of carbonyl (C=O) groups excluding carboxylic acids is 1. The van der Waals surface area contributed by atoms with Crippen LogP contribution in [-0.2, 0) is 17.8 Å². The molecule has 0 saturated heterocycles. The first-order valence-electron chi connectivity index (χ1n) is 8.96. The van der Waals surface area contributed by atoms with E-state index in [1.54, 1.807) is 0 Å². The molecule has 1 heterocycles. The summed E-state index contributed by atoms with van der Waals surface area (Å²) in [5, 5.41) is 11.3. The maximum atomic E-state index is 12.6. The first kappa shape index (κ1) is 19.2. The van der Waals surface area contributed by atoms with Crippen LogP contribution in [0.25, 0.3) is 0 Å². The molecule has 1 amide bonds. The molecule has 0 fully saturated rings. The van der Waals surface area contributed by atoms with Crippen molar-refractivity contribution >= 4 is 17.7 Å². The summed E-state index contributed by atoms with van der Waals surface area (Å²) in [6, 6.07) is 19.8. The van der Waals surface area contributed by atoms with Gasteiger partial charge in [-0.25, -0.2) is 0 Å². The quantitative estimate of drug-likeness (QED) is 0.595. The fourth-order valence-corrected chi connectivity index (χ4v) is 3.53. The number of carbonyl (C=O) groups is 1. The minimum absolute atomic E-state index is 0.0262. The Balaban J connectivity index is 1.60. The zero-order valence-electron chi connectivity index (χ0n) is 15.5.